The van der Waals surface area contributed by atoms with Crippen LogP contribution < -0.4 is 5.73 Å². The number of rotatable bonds is 5. The molecule has 7 heteroatoms. The van der Waals surface area contributed by atoms with Crippen LogP contribution in [-0.2, 0) is 4.74 Å². The van der Waals surface area contributed by atoms with Gasteiger partial charge in [-0.25, -0.2) is 4.98 Å². The van der Waals surface area contributed by atoms with Crippen molar-refractivity contribution in [2.75, 3.05) is 37.5 Å². The summed E-state index contributed by atoms with van der Waals surface area (Å²) in [5, 5.41) is 0.273. The van der Waals surface area contributed by atoms with E-state index < -0.39 is 0 Å². The van der Waals surface area contributed by atoms with Gasteiger partial charge in [-0.2, -0.15) is 11.8 Å². The van der Waals surface area contributed by atoms with E-state index in [1.165, 1.54) is 12.3 Å². The number of hydrogen-bond donors (Lipinski definition) is 1. The Kier molecular flexibility index (Phi) is 5.51. The van der Waals surface area contributed by atoms with Gasteiger partial charge in [0.15, 0.2) is 0 Å². The van der Waals surface area contributed by atoms with E-state index in [4.69, 9.17) is 22.1 Å². The summed E-state index contributed by atoms with van der Waals surface area (Å²) in [7, 11) is 1.63. The van der Waals surface area contributed by atoms with Gasteiger partial charge >= 0.3 is 0 Å². The molecule has 1 unspecified atom stereocenters. The van der Waals surface area contributed by atoms with Gasteiger partial charge in [-0.3, -0.25) is 4.79 Å². The van der Waals surface area contributed by atoms with E-state index in [2.05, 4.69) is 4.98 Å². The molecule has 0 radical (unpaired) electrons. The molecule has 1 aliphatic rings. The Hall–Kier alpha value is -0.980. The smallest absolute Gasteiger partial charge is 0.256 e. The summed E-state index contributed by atoms with van der Waals surface area (Å²) in [5.74, 6) is 1.93. The number of pyridine rings is 1. The molecule has 1 atom stereocenters. The molecular formula is C13H18ClN3O2S. The number of nitrogens with zero attached hydrogens (tertiary/aromatic N) is 2. The first-order valence-corrected chi connectivity index (χ1v) is 7.95. The molecule has 20 heavy (non-hydrogen) atoms. The second kappa shape index (κ2) is 7.15. The zero-order valence-corrected chi connectivity index (χ0v) is 12.9. The standard InChI is InChI=1S/C13H18ClN3O2S/c1-19-4-3-17(9-2-5-20-8-9)13(18)10-6-12(14)16-7-11(10)15/h6-7,9H,2-5,8,15H2,1H3. The molecule has 2 rings (SSSR count). The average Bonchev–Trinajstić information content (AvgIpc) is 2.95. The minimum absolute atomic E-state index is 0.101. The lowest BCUT2D eigenvalue weighted by molar-refractivity contribution is 0.0625. The molecule has 1 amide bonds. The highest BCUT2D eigenvalue weighted by molar-refractivity contribution is 7.99. The number of aromatic nitrogens is 1. The first-order chi connectivity index (χ1) is 9.63. The van der Waals surface area contributed by atoms with Crippen LogP contribution >= 0.6 is 23.4 Å². The summed E-state index contributed by atoms with van der Waals surface area (Å²) in [6, 6.07) is 1.76. The zero-order valence-electron chi connectivity index (χ0n) is 11.3. The third-order valence-corrected chi connectivity index (χ3v) is 4.63. The van der Waals surface area contributed by atoms with Crippen LogP contribution in [0.1, 0.15) is 16.8 Å². The number of anilines is 1. The molecule has 1 aromatic heterocycles. The van der Waals surface area contributed by atoms with Gasteiger partial charge in [0.25, 0.3) is 5.91 Å². The number of methoxy groups -OCH3 is 1. The monoisotopic (exact) mass is 315 g/mol. The highest BCUT2D eigenvalue weighted by Gasteiger charge is 2.28. The molecule has 0 aliphatic carbocycles. The summed E-state index contributed by atoms with van der Waals surface area (Å²) >= 11 is 7.72. The van der Waals surface area contributed by atoms with E-state index in [1.807, 2.05) is 16.7 Å². The Morgan fingerprint density at radius 1 is 1.70 bits per heavy atom. The second-order valence-corrected chi connectivity index (χ2v) is 6.14. The molecule has 1 fully saturated rings. The molecule has 2 heterocycles. The summed E-state index contributed by atoms with van der Waals surface area (Å²) in [6.07, 6.45) is 2.42. The van der Waals surface area contributed by atoms with Crippen molar-refractivity contribution in [1.82, 2.24) is 9.88 Å². The molecule has 0 bridgehead atoms. The summed E-state index contributed by atoms with van der Waals surface area (Å²) < 4.78 is 5.10. The number of hydrogen-bond acceptors (Lipinski definition) is 5. The lowest BCUT2D eigenvalue weighted by Gasteiger charge is -2.28. The molecule has 0 aromatic carbocycles. The maximum absolute atomic E-state index is 12.7. The van der Waals surface area contributed by atoms with Crippen LogP contribution in [0.15, 0.2) is 12.3 Å². The van der Waals surface area contributed by atoms with E-state index in [1.54, 1.807) is 7.11 Å². The van der Waals surface area contributed by atoms with E-state index in [0.717, 1.165) is 17.9 Å². The van der Waals surface area contributed by atoms with Crippen molar-refractivity contribution in [2.24, 2.45) is 0 Å². The topological polar surface area (TPSA) is 68.5 Å². The van der Waals surface area contributed by atoms with E-state index in [0.29, 0.717) is 24.4 Å². The minimum Gasteiger partial charge on any atom is -0.397 e. The van der Waals surface area contributed by atoms with Crippen LogP contribution in [0, 0.1) is 0 Å². The predicted molar refractivity (Wildman–Crippen MR) is 82.3 cm³/mol. The van der Waals surface area contributed by atoms with Crippen LogP contribution in [0.25, 0.3) is 0 Å². The van der Waals surface area contributed by atoms with Crippen molar-refractivity contribution in [3.63, 3.8) is 0 Å². The Bertz CT molecular complexity index is 481. The number of amides is 1. The molecule has 1 saturated heterocycles. The fourth-order valence-electron chi connectivity index (χ4n) is 2.19. The molecule has 1 aromatic rings. The average molecular weight is 316 g/mol. The van der Waals surface area contributed by atoms with Gasteiger partial charge in [0.05, 0.1) is 24.1 Å². The van der Waals surface area contributed by atoms with Gasteiger partial charge in [-0.1, -0.05) is 11.6 Å². The Morgan fingerprint density at radius 3 is 3.15 bits per heavy atom. The van der Waals surface area contributed by atoms with Crippen LogP contribution in [0.3, 0.4) is 0 Å². The van der Waals surface area contributed by atoms with E-state index >= 15 is 0 Å². The largest absolute Gasteiger partial charge is 0.397 e. The van der Waals surface area contributed by atoms with E-state index in [-0.39, 0.29) is 17.1 Å². The number of carbonyl (C=O) groups is 1. The van der Waals surface area contributed by atoms with Crippen molar-refractivity contribution in [3.8, 4) is 0 Å². The van der Waals surface area contributed by atoms with Crippen molar-refractivity contribution in [1.29, 1.82) is 0 Å². The van der Waals surface area contributed by atoms with Gasteiger partial charge in [0.2, 0.25) is 0 Å². The maximum Gasteiger partial charge on any atom is 0.256 e. The lowest BCUT2D eigenvalue weighted by Crippen LogP contribution is -2.42. The first kappa shape index (κ1) is 15.4. The Labute approximate surface area is 127 Å². The van der Waals surface area contributed by atoms with Crippen LogP contribution in [-0.4, -0.2) is 53.6 Å². The van der Waals surface area contributed by atoms with Gasteiger partial charge in [-0.05, 0) is 18.2 Å². The van der Waals surface area contributed by atoms with E-state index in [9.17, 15) is 4.79 Å². The number of ether oxygens (including phenoxy) is 1. The molecule has 0 saturated carbocycles. The van der Waals surface area contributed by atoms with Crippen LogP contribution in [0.4, 0.5) is 5.69 Å². The quantitative estimate of drug-likeness (QED) is 0.841. The lowest BCUT2D eigenvalue weighted by atomic mass is 10.1. The molecule has 1 aliphatic heterocycles. The fraction of sp³-hybridized carbons (Fsp3) is 0.538. The number of thioether (sulfide) groups is 1. The van der Waals surface area contributed by atoms with Crippen LogP contribution in [0.2, 0.25) is 5.15 Å². The highest BCUT2D eigenvalue weighted by atomic mass is 35.5. The van der Waals surface area contributed by atoms with Gasteiger partial charge in [0, 0.05) is 25.4 Å². The van der Waals surface area contributed by atoms with Crippen molar-refractivity contribution >= 4 is 35.0 Å². The fourth-order valence-corrected chi connectivity index (χ4v) is 3.57. The van der Waals surface area contributed by atoms with Gasteiger partial charge < -0.3 is 15.4 Å². The molecule has 110 valence electrons. The van der Waals surface area contributed by atoms with Crippen LogP contribution in [0.5, 0.6) is 0 Å². The van der Waals surface area contributed by atoms with Crippen molar-refractivity contribution in [3.05, 3.63) is 23.0 Å². The zero-order chi connectivity index (χ0) is 14.5. The van der Waals surface area contributed by atoms with Crippen molar-refractivity contribution < 1.29 is 9.53 Å². The number of nitrogen functional groups attached to an aromatic ring is 1. The van der Waals surface area contributed by atoms with Crippen molar-refractivity contribution in [2.45, 2.75) is 12.5 Å². The van der Waals surface area contributed by atoms with Gasteiger partial charge in [-0.15, -0.1) is 0 Å². The predicted octanol–water partition coefficient (Wildman–Crippen LogP) is 1.91. The first-order valence-electron chi connectivity index (χ1n) is 6.42. The molecular weight excluding hydrogens is 298 g/mol. The maximum atomic E-state index is 12.7. The molecule has 5 nitrogen and oxygen atoms in total. The Morgan fingerprint density at radius 2 is 2.50 bits per heavy atom. The SMILES string of the molecule is COCCN(C(=O)c1cc(Cl)ncc1N)C1CCSC1. The summed E-state index contributed by atoms with van der Waals surface area (Å²) in [5.41, 5.74) is 6.62. The molecule has 0 spiro atoms. The Balaban J connectivity index is 2.22. The highest BCUT2D eigenvalue weighted by Crippen LogP contribution is 2.25. The number of carbonyl (C=O) groups excluding carboxylic acids is 1. The van der Waals surface area contributed by atoms with Gasteiger partial charge in [0.1, 0.15) is 5.15 Å². The minimum atomic E-state index is -0.101. The summed E-state index contributed by atoms with van der Waals surface area (Å²) in [6.45, 7) is 1.06. The second-order valence-electron chi connectivity index (χ2n) is 4.60. The third kappa shape index (κ3) is 3.56. The third-order valence-electron chi connectivity index (χ3n) is 3.28. The summed E-state index contributed by atoms with van der Waals surface area (Å²) in [4.78, 5) is 18.4. The normalized spacial score (nSPS) is 18.2. The number of halogens is 1. The molecule has 2 N–H and O–H groups in total. The number of nitrogens with two attached hydrogens (primary N) is 1.